The van der Waals surface area contributed by atoms with Crippen LogP contribution in [-0.4, -0.2) is 5.33 Å². The SMILES string of the molecule is CCCCCCCC#CCC[C@@H](C)CCBr. The molecular formula is C15H27Br. The normalized spacial score (nSPS) is 11.9. The summed E-state index contributed by atoms with van der Waals surface area (Å²) >= 11 is 3.48. The predicted molar refractivity (Wildman–Crippen MR) is 78.0 cm³/mol. The van der Waals surface area contributed by atoms with Crippen molar-refractivity contribution in [3.63, 3.8) is 0 Å². The number of halogens is 1. The molecule has 0 N–H and O–H groups in total. The van der Waals surface area contributed by atoms with Crippen LogP contribution in [0.3, 0.4) is 0 Å². The Hall–Kier alpha value is 0.0400. The van der Waals surface area contributed by atoms with E-state index in [4.69, 9.17) is 0 Å². The summed E-state index contributed by atoms with van der Waals surface area (Å²) in [5, 5.41) is 1.12. The fraction of sp³-hybridized carbons (Fsp3) is 0.867. The molecule has 0 saturated carbocycles. The molecule has 0 saturated heterocycles. The molecule has 0 radical (unpaired) electrons. The van der Waals surface area contributed by atoms with Crippen molar-refractivity contribution in [3.05, 3.63) is 0 Å². The molecule has 0 amide bonds. The molecule has 0 aromatic rings. The summed E-state index contributed by atoms with van der Waals surface area (Å²) in [6.07, 6.45) is 11.5. The van der Waals surface area contributed by atoms with Gasteiger partial charge in [0.15, 0.2) is 0 Å². The van der Waals surface area contributed by atoms with Gasteiger partial charge in [0.05, 0.1) is 0 Å². The number of alkyl halides is 1. The van der Waals surface area contributed by atoms with Gasteiger partial charge in [0.1, 0.15) is 0 Å². The fourth-order valence-corrected chi connectivity index (χ4v) is 2.42. The molecule has 0 spiro atoms. The Labute approximate surface area is 111 Å². The zero-order chi connectivity index (χ0) is 12.1. The molecule has 0 aromatic carbocycles. The molecule has 16 heavy (non-hydrogen) atoms. The molecule has 0 nitrogen and oxygen atoms in total. The maximum absolute atomic E-state index is 3.48. The van der Waals surface area contributed by atoms with Gasteiger partial charge in [-0.05, 0) is 25.2 Å². The zero-order valence-electron chi connectivity index (χ0n) is 11.0. The van der Waals surface area contributed by atoms with E-state index in [9.17, 15) is 0 Å². The summed E-state index contributed by atoms with van der Waals surface area (Å²) in [4.78, 5) is 0. The standard InChI is InChI=1S/C15H27Br/c1-3-4-5-6-7-8-9-10-11-12-15(2)13-14-16/h15H,3-8,11-14H2,1-2H3/t15-/m1/s1. The van der Waals surface area contributed by atoms with Crippen molar-refractivity contribution in [2.24, 2.45) is 5.92 Å². The lowest BCUT2D eigenvalue weighted by atomic mass is 10.0. The molecule has 0 aliphatic carbocycles. The molecule has 0 heterocycles. The first-order chi connectivity index (χ1) is 7.81. The van der Waals surface area contributed by atoms with E-state index in [-0.39, 0.29) is 0 Å². The van der Waals surface area contributed by atoms with Crippen LogP contribution in [-0.2, 0) is 0 Å². The van der Waals surface area contributed by atoms with Gasteiger partial charge in [-0.3, -0.25) is 0 Å². The highest BCUT2D eigenvalue weighted by Gasteiger charge is 1.98. The minimum atomic E-state index is 0.818. The summed E-state index contributed by atoms with van der Waals surface area (Å²) in [5.41, 5.74) is 0. The lowest BCUT2D eigenvalue weighted by Crippen LogP contribution is -1.93. The van der Waals surface area contributed by atoms with E-state index < -0.39 is 0 Å². The monoisotopic (exact) mass is 286 g/mol. The van der Waals surface area contributed by atoms with Crippen molar-refractivity contribution in [3.8, 4) is 11.8 Å². The average Bonchev–Trinajstić information content (AvgIpc) is 2.27. The second-order valence-electron chi connectivity index (χ2n) is 4.64. The van der Waals surface area contributed by atoms with Crippen molar-refractivity contribution in [1.82, 2.24) is 0 Å². The summed E-state index contributed by atoms with van der Waals surface area (Å²) in [5.74, 6) is 7.42. The van der Waals surface area contributed by atoms with E-state index in [1.165, 1.54) is 44.9 Å². The van der Waals surface area contributed by atoms with Crippen LogP contribution in [0, 0.1) is 17.8 Å². The van der Waals surface area contributed by atoms with Crippen molar-refractivity contribution in [2.75, 3.05) is 5.33 Å². The number of rotatable bonds is 9. The molecule has 0 rings (SSSR count). The average molecular weight is 287 g/mol. The third-order valence-electron chi connectivity index (χ3n) is 2.89. The van der Waals surface area contributed by atoms with Gasteiger partial charge < -0.3 is 0 Å². The molecule has 94 valence electrons. The Balaban J connectivity index is 3.21. The molecule has 0 aliphatic heterocycles. The van der Waals surface area contributed by atoms with Gasteiger partial charge in [-0.2, -0.15) is 0 Å². The van der Waals surface area contributed by atoms with Gasteiger partial charge in [-0.25, -0.2) is 0 Å². The lowest BCUT2D eigenvalue weighted by Gasteiger charge is -2.04. The topological polar surface area (TPSA) is 0 Å². The maximum atomic E-state index is 3.48. The fourth-order valence-electron chi connectivity index (χ4n) is 1.64. The van der Waals surface area contributed by atoms with E-state index in [0.29, 0.717) is 0 Å². The molecule has 0 unspecified atom stereocenters. The van der Waals surface area contributed by atoms with Gasteiger partial charge in [-0.15, -0.1) is 11.8 Å². The largest absolute Gasteiger partial charge is 0.103 e. The first kappa shape index (κ1) is 16.0. The van der Waals surface area contributed by atoms with Gasteiger partial charge in [0.2, 0.25) is 0 Å². The molecule has 1 atom stereocenters. The van der Waals surface area contributed by atoms with E-state index >= 15 is 0 Å². The highest BCUT2D eigenvalue weighted by atomic mass is 79.9. The predicted octanol–water partition coefficient (Wildman–Crippen LogP) is 5.55. The quantitative estimate of drug-likeness (QED) is 0.296. The van der Waals surface area contributed by atoms with Gasteiger partial charge in [0, 0.05) is 18.2 Å². The zero-order valence-corrected chi connectivity index (χ0v) is 12.6. The second kappa shape index (κ2) is 13.1. The number of unbranched alkanes of at least 4 members (excludes halogenated alkanes) is 5. The van der Waals surface area contributed by atoms with Crippen LogP contribution in [0.15, 0.2) is 0 Å². The van der Waals surface area contributed by atoms with Crippen molar-refractivity contribution < 1.29 is 0 Å². The lowest BCUT2D eigenvalue weighted by molar-refractivity contribution is 0.531. The third-order valence-corrected chi connectivity index (χ3v) is 3.35. The minimum Gasteiger partial charge on any atom is -0.103 e. The number of hydrogen-bond acceptors (Lipinski definition) is 0. The van der Waals surface area contributed by atoms with Crippen LogP contribution in [0.25, 0.3) is 0 Å². The molecule has 0 aliphatic rings. The smallest absolute Gasteiger partial charge is 0.00912 e. The Morgan fingerprint density at radius 3 is 2.31 bits per heavy atom. The van der Waals surface area contributed by atoms with E-state index in [2.05, 4.69) is 41.6 Å². The summed E-state index contributed by atoms with van der Waals surface area (Å²) in [7, 11) is 0. The van der Waals surface area contributed by atoms with Crippen LogP contribution >= 0.6 is 15.9 Å². The van der Waals surface area contributed by atoms with E-state index in [0.717, 1.165) is 24.1 Å². The van der Waals surface area contributed by atoms with Crippen LogP contribution in [0.2, 0.25) is 0 Å². The molecule has 0 fully saturated rings. The Morgan fingerprint density at radius 1 is 0.938 bits per heavy atom. The van der Waals surface area contributed by atoms with Crippen LogP contribution in [0.4, 0.5) is 0 Å². The highest BCUT2D eigenvalue weighted by Crippen LogP contribution is 2.11. The van der Waals surface area contributed by atoms with Crippen LogP contribution in [0.1, 0.15) is 71.6 Å². The van der Waals surface area contributed by atoms with E-state index in [1.807, 2.05) is 0 Å². The molecular weight excluding hydrogens is 260 g/mol. The van der Waals surface area contributed by atoms with Crippen LogP contribution < -0.4 is 0 Å². The van der Waals surface area contributed by atoms with Gasteiger partial charge in [-0.1, -0.05) is 55.5 Å². The first-order valence-electron chi connectivity index (χ1n) is 6.83. The Morgan fingerprint density at radius 2 is 1.62 bits per heavy atom. The number of hydrogen-bond donors (Lipinski definition) is 0. The summed E-state index contributed by atoms with van der Waals surface area (Å²) in [6, 6.07) is 0. The molecule has 0 aromatic heterocycles. The summed E-state index contributed by atoms with van der Waals surface area (Å²) in [6.45, 7) is 4.57. The van der Waals surface area contributed by atoms with Gasteiger partial charge in [0.25, 0.3) is 0 Å². The first-order valence-corrected chi connectivity index (χ1v) is 7.95. The molecule has 0 bridgehead atoms. The third kappa shape index (κ3) is 12.1. The van der Waals surface area contributed by atoms with E-state index in [1.54, 1.807) is 0 Å². The van der Waals surface area contributed by atoms with Crippen LogP contribution in [0.5, 0.6) is 0 Å². The van der Waals surface area contributed by atoms with Crippen molar-refractivity contribution in [2.45, 2.75) is 71.6 Å². The molecule has 1 heteroatoms. The minimum absolute atomic E-state index is 0.818. The second-order valence-corrected chi connectivity index (χ2v) is 5.43. The Bertz CT molecular complexity index is 187. The van der Waals surface area contributed by atoms with Crippen molar-refractivity contribution in [1.29, 1.82) is 0 Å². The Kier molecular flexibility index (Phi) is 13.1. The highest BCUT2D eigenvalue weighted by molar-refractivity contribution is 9.09. The summed E-state index contributed by atoms with van der Waals surface area (Å²) < 4.78 is 0. The van der Waals surface area contributed by atoms with Crippen molar-refractivity contribution >= 4 is 15.9 Å². The maximum Gasteiger partial charge on any atom is 0.00912 e. The van der Waals surface area contributed by atoms with Gasteiger partial charge >= 0.3 is 0 Å².